The molecular formula is BClF2O3. The van der Waals surface area contributed by atoms with Gasteiger partial charge in [0, 0.05) is 0 Å². The summed E-state index contributed by atoms with van der Waals surface area (Å²) in [6.45, 7) is 0. The molecule has 0 aliphatic carbocycles. The minimum Gasteiger partial charge on any atom is -0.357 e. The zero-order valence-corrected chi connectivity index (χ0v) is 3.69. The third kappa shape index (κ3) is 11300. The first-order chi connectivity index (χ1) is 3.15. The SMILES string of the molecule is F[B+]F.[O-][Cl+2]([O-])[O-]. The maximum atomic E-state index is 9.50. The van der Waals surface area contributed by atoms with E-state index in [0.717, 1.165) is 0 Å². The van der Waals surface area contributed by atoms with Gasteiger partial charge in [-0.25, -0.2) is 0 Å². The van der Waals surface area contributed by atoms with Crippen molar-refractivity contribution in [2.45, 2.75) is 0 Å². The molecule has 0 amide bonds. The van der Waals surface area contributed by atoms with Crippen molar-refractivity contribution in [1.82, 2.24) is 0 Å². The Bertz CT molecular complexity index is 24.1. The van der Waals surface area contributed by atoms with Crippen molar-refractivity contribution in [2.75, 3.05) is 0 Å². The molecule has 0 fully saturated rings. The maximum Gasteiger partial charge on any atom is 0.0695 e. The Morgan fingerprint density at radius 3 is 1.14 bits per heavy atom. The summed E-state index contributed by atoms with van der Waals surface area (Å²) in [5.41, 5.74) is 0. The zero-order valence-electron chi connectivity index (χ0n) is 2.94. The number of halogens is 3. The van der Waals surface area contributed by atoms with Crippen LogP contribution < -0.4 is 14.0 Å². The monoisotopic (exact) mass is 132 g/mol. The molecule has 0 bridgehead atoms. The molecule has 0 spiro atoms. The van der Waals surface area contributed by atoms with Gasteiger partial charge in [-0.05, 0) is 0 Å². The van der Waals surface area contributed by atoms with Gasteiger partial charge in [0.2, 0.25) is 0 Å². The van der Waals surface area contributed by atoms with E-state index in [1.165, 1.54) is 0 Å². The van der Waals surface area contributed by atoms with Gasteiger partial charge in [0.05, 0.1) is 10.8 Å². The van der Waals surface area contributed by atoms with Crippen LogP contribution in [0.25, 0.3) is 0 Å². The molecule has 0 aromatic carbocycles. The third-order valence-electron chi connectivity index (χ3n) is 0. The average molecular weight is 132 g/mol. The molecule has 7 heteroatoms. The van der Waals surface area contributed by atoms with Crippen LogP contribution in [0.4, 0.5) is 8.63 Å². The van der Waals surface area contributed by atoms with Crippen molar-refractivity contribution in [3.05, 3.63) is 0 Å². The van der Waals surface area contributed by atoms with Crippen LogP contribution in [0.2, 0.25) is 0 Å². The number of hydrogen-bond donors (Lipinski definition) is 0. The molecule has 0 heterocycles. The Balaban J connectivity index is 0. The summed E-state index contributed by atoms with van der Waals surface area (Å²) in [4.78, 5) is 0. The maximum absolute atomic E-state index is 9.50. The van der Waals surface area contributed by atoms with Crippen LogP contribution in [0.1, 0.15) is 0 Å². The molecule has 0 radical (unpaired) electrons. The van der Waals surface area contributed by atoms with E-state index in [-0.39, 0.29) is 0 Å². The Morgan fingerprint density at radius 1 is 1.14 bits per heavy atom. The molecule has 0 aliphatic heterocycles. The molecular weight excluding hydrogens is 132 g/mol. The molecule has 0 unspecified atom stereocenters. The summed E-state index contributed by atoms with van der Waals surface area (Å²) < 4.78 is 44.2. The predicted octanol–water partition coefficient (Wildman–Crippen LogP) is -3.11. The first-order valence-corrected chi connectivity index (χ1v) is 1.83. The fourth-order valence-electron chi connectivity index (χ4n) is 0. The molecule has 0 aromatic rings. The molecule has 0 saturated carbocycles. The van der Waals surface area contributed by atoms with Gasteiger partial charge in [0.25, 0.3) is 0 Å². The zero-order chi connectivity index (χ0) is 6.28. The predicted molar refractivity (Wildman–Crippen MR) is 7.97 cm³/mol. The van der Waals surface area contributed by atoms with Crippen molar-refractivity contribution in [2.24, 2.45) is 0 Å². The summed E-state index contributed by atoms with van der Waals surface area (Å²) >= 11 is 0. The fraction of sp³-hybridized carbons (Fsp3) is 0. The van der Waals surface area contributed by atoms with E-state index >= 15 is 0 Å². The Morgan fingerprint density at radius 2 is 1.14 bits per heavy atom. The number of hydrogen-bond acceptors (Lipinski definition) is 3. The van der Waals surface area contributed by atoms with Gasteiger partial charge in [-0.15, -0.1) is 0 Å². The minimum absolute atomic E-state index is 1.00. The van der Waals surface area contributed by atoms with Crippen LogP contribution >= 0.6 is 0 Å². The number of rotatable bonds is 0. The second kappa shape index (κ2) is 9.44. The van der Waals surface area contributed by atoms with Gasteiger partial charge in [-0.1, -0.05) is 0 Å². The van der Waals surface area contributed by atoms with E-state index in [0.29, 0.717) is 0 Å². The second-order valence-electron chi connectivity index (χ2n) is 0.271. The van der Waals surface area contributed by atoms with Gasteiger partial charge in [0.1, 0.15) is 0 Å². The molecule has 0 aromatic heterocycles. The van der Waals surface area contributed by atoms with Crippen molar-refractivity contribution in [1.29, 1.82) is 0 Å². The quantitative estimate of drug-likeness (QED) is 0.328. The second-order valence-corrected chi connectivity index (χ2v) is 0.649. The van der Waals surface area contributed by atoms with Gasteiger partial charge < -0.3 is 14.0 Å². The van der Waals surface area contributed by atoms with E-state index in [1.54, 1.807) is 0 Å². The summed E-state index contributed by atoms with van der Waals surface area (Å²) in [5, 5.41) is 0. The molecule has 7 heavy (non-hydrogen) atoms. The first-order valence-electron chi connectivity index (χ1n) is 0.899. The topological polar surface area (TPSA) is 69.2 Å². The van der Waals surface area contributed by atoms with Crippen LogP contribution in [-0.2, 0) is 0 Å². The van der Waals surface area contributed by atoms with Crippen LogP contribution in [0.15, 0.2) is 0 Å². The largest absolute Gasteiger partial charge is 0.357 e. The third-order valence-corrected chi connectivity index (χ3v) is 0. The van der Waals surface area contributed by atoms with E-state index < -0.39 is 18.6 Å². The average Bonchev–Trinajstić information content (AvgIpc) is 1.33. The summed E-state index contributed by atoms with van der Waals surface area (Å²) in [5.74, 6) is 0. The van der Waals surface area contributed by atoms with Crippen LogP contribution in [0.5, 0.6) is 0 Å². The molecule has 42 valence electrons. The Hall–Kier alpha value is 0.0949. The van der Waals surface area contributed by atoms with E-state index in [2.05, 4.69) is 0 Å². The van der Waals surface area contributed by atoms with Crippen LogP contribution in [0.3, 0.4) is 0 Å². The van der Waals surface area contributed by atoms with Crippen molar-refractivity contribution in [3.8, 4) is 0 Å². The standard InChI is InChI=1S/BF2.ClO3/c2-1-3;2-1(3)4/q+1;-1. The van der Waals surface area contributed by atoms with E-state index in [4.69, 9.17) is 14.0 Å². The van der Waals surface area contributed by atoms with E-state index in [9.17, 15) is 8.63 Å². The van der Waals surface area contributed by atoms with Gasteiger partial charge in [-0.3, -0.25) is 0 Å². The fourth-order valence-corrected chi connectivity index (χ4v) is 0. The van der Waals surface area contributed by atoms with Crippen LogP contribution in [-0.4, -0.2) is 7.83 Å². The van der Waals surface area contributed by atoms with Gasteiger partial charge >= 0.3 is 16.5 Å². The molecule has 3 nitrogen and oxygen atoms in total. The summed E-state index contributed by atoms with van der Waals surface area (Å²) in [7, 11) is -3.85. The minimum atomic E-state index is -2.85. The summed E-state index contributed by atoms with van der Waals surface area (Å²) in [6, 6.07) is 0. The van der Waals surface area contributed by atoms with Crippen molar-refractivity contribution < 1.29 is 33.4 Å². The smallest absolute Gasteiger partial charge is 0.0695 e. The molecule has 0 aliphatic rings. The van der Waals surface area contributed by atoms with Gasteiger partial charge in [-0.2, -0.15) is 0 Å². The molecule has 0 N–H and O–H groups in total. The summed E-state index contributed by atoms with van der Waals surface area (Å²) in [6.07, 6.45) is 0. The van der Waals surface area contributed by atoms with Crippen molar-refractivity contribution >= 4 is 7.83 Å². The van der Waals surface area contributed by atoms with Crippen molar-refractivity contribution in [3.63, 3.8) is 0 Å². The Kier molecular flexibility index (Phi) is 13.7. The van der Waals surface area contributed by atoms with Crippen LogP contribution in [0, 0.1) is 10.8 Å². The first kappa shape index (κ1) is 10.2. The molecule has 0 rings (SSSR count). The molecule has 0 saturated heterocycles. The van der Waals surface area contributed by atoms with Gasteiger partial charge in [0.15, 0.2) is 0 Å². The Labute approximate surface area is 42.3 Å². The molecule has 0 atom stereocenters. The normalized spacial score (nSPS) is 6.57. The van der Waals surface area contributed by atoms with E-state index in [1.807, 2.05) is 0 Å².